The molecule has 1 saturated heterocycles. The van der Waals surface area contributed by atoms with Crippen LogP contribution in [-0.2, 0) is 6.18 Å². The van der Waals surface area contributed by atoms with E-state index in [1.54, 1.807) is 43.5 Å². The molecule has 1 unspecified atom stereocenters. The Bertz CT molecular complexity index is 1050. The van der Waals surface area contributed by atoms with Crippen LogP contribution >= 0.6 is 0 Å². The first kappa shape index (κ1) is 22.1. The zero-order valence-corrected chi connectivity index (χ0v) is 17.7. The van der Waals surface area contributed by atoms with Crippen molar-refractivity contribution in [1.29, 1.82) is 0 Å². The van der Waals surface area contributed by atoms with Crippen molar-refractivity contribution in [2.45, 2.75) is 38.4 Å². The minimum Gasteiger partial charge on any atom is -0.468 e. The molecule has 3 aromatic rings. The molecule has 32 heavy (non-hydrogen) atoms. The van der Waals surface area contributed by atoms with Crippen LogP contribution in [0.5, 0.6) is 0 Å². The third-order valence-corrected chi connectivity index (χ3v) is 5.79. The predicted octanol–water partition coefficient (Wildman–Crippen LogP) is 4.75. The fourth-order valence-corrected chi connectivity index (χ4v) is 4.18. The number of carbonyl (C=O) groups is 1. The van der Waals surface area contributed by atoms with Gasteiger partial charge in [-0.1, -0.05) is 24.6 Å². The molecule has 3 heterocycles. The highest BCUT2D eigenvalue weighted by molar-refractivity contribution is 5.95. The number of aromatic nitrogens is 2. The van der Waals surface area contributed by atoms with Crippen molar-refractivity contribution in [3.8, 4) is 5.69 Å². The first-order valence-corrected chi connectivity index (χ1v) is 10.6. The number of piperidine rings is 1. The van der Waals surface area contributed by atoms with Crippen LogP contribution in [0.4, 0.5) is 13.2 Å². The maximum atomic E-state index is 14.0. The van der Waals surface area contributed by atoms with E-state index in [-0.39, 0.29) is 18.3 Å². The van der Waals surface area contributed by atoms with Gasteiger partial charge in [-0.05, 0) is 56.6 Å². The second kappa shape index (κ2) is 9.20. The maximum Gasteiger partial charge on any atom is 0.434 e. The molecule has 0 saturated carbocycles. The number of carbonyl (C=O) groups excluding carboxylic acids is 1. The lowest BCUT2D eigenvalue weighted by Gasteiger charge is -2.33. The van der Waals surface area contributed by atoms with Crippen molar-refractivity contribution in [1.82, 2.24) is 20.0 Å². The number of rotatable bonds is 6. The average molecular weight is 446 g/mol. The minimum absolute atomic E-state index is 0.138. The summed E-state index contributed by atoms with van der Waals surface area (Å²) in [5.41, 5.74) is -0.689. The molecule has 1 aliphatic heterocycles. The Labute approximate surface area is 184 Å². The highest BCUT2D eigenvalue weighted by Gasteiger charge is 2.41. The van der Waals surface area contributed by atoms with Gasteiger partial charge >= 0.3 is 6.18 Å². The lowest BCUT2D eigenvalue weighted by Crippen LogP contribution is -2.40. The number of alkyl halides is 3. The number of furan rings is 1. The zero-order chi connectivity index (χ0) is 22.7. The Morgan fingerprint density at radius 2 is 1.91 bits per heavy atom. The van der Waals surface area contributed by atoms with Crippen molar-refractivity contribution in [3.05, 3.63) is 71.4 Å². The summed E-state index contributed by atoms with van der Waals surface area (Å²) in [7, 11) is 0. The van der Waals surface area contributed by atoms with Crippen molar-refractivity contribution < 1.29 is 22.4 Å². The Hall–Kier alpha value is -3.07. The van der Waals surface area contributed by atoms with Gasteiger partial charge < -0.3 is 9.73 Å². The van der Waals surface area contributed by atoms with E-state index < -0.39 is 23.3 Å². The summed E-state index contributed by atoms with van der Waals surface area (Å²) in [5.74, 6) is -0.135. The van der Waals surface area contributed by atoms with Crippen LogP contribution in [0.1, 0.15) is 52.7 Å². The fraction of sp³-hybridized carbons (Fsp3) is 0.391. The lowest BCUT2D eigenvalue weighted by atomic mass is 10.1. The quantitative estimate of drug-likeness (QED) is 0.594. The van der Waals surface area contributed by atoms with Crippen molar-refractivity contribution >= 4 is 5.91 Å². The van der Waals surface area contributed by atoms with E-state index in [0.717, 1.165) is 43.2 Å². The molecule has 170 valence electrons. The molecule has 6 nitrogen and oxygen atoms in total. The van der Waals surface area contributed by atoms with Gasteiger partial charge in [-0.2, -0.15) is 18.3 Å². The Kier molecular flexibility index (Phi) is 6.36. The number of likely N-dealkylation sites (tertiary alicyclic amines) is 1. The number of halogens is 3. The van der Waals surface area contributed by atoms with Gasteiger partial charge in [0.1, 0.15) is 5.76 Å². The third-order valence-electron chi connectivity index (χ3n) is 5.79. The number of hydrogen-bond donors (Lipinski definition) is 1. The van der Waals surface area contributed by atoms with Crippen LogP contribution in [-0.4, -0.2) is 40.2 Å². The second-order valence-electron chi connectivity index (χ2n) is 7.94. The van der Waals surface area contributed by atoms with Crippen molar-refractivity contribution in [2.24, 2.45) is 0 Å². The molecule has 4 rings (SSSR count). The molecule has 1 atom stereocenters. The second-order valence-corrected chi connectivity index (χ2v) is 7.94. The zero-order valence-electron chi connectivity index (χ0n) is 17.7. The highest BCUT2D eigenvalue weighted by atomic mass is 19.4. The molecule has 0 spiro atoms. The molecule has 0 aliphatic carbocycles. The Morgan fingerprint density at radius 1 is 1.16 bits per heavy atom. The molecule has 1 aliphatic rings. The van der Waals surface area contributed by atoms with Gasteiger partial charge in [0.25, 0.3) is 5.91 Å². The van der Waals surface area contributed by atoms with Crippen molar-refractivity contribution in [2.75, 3.05) is 19.6 Å². The number of amides is 1. The van der Waals surface area contributed by atoms with E-state index in [4.69, 9.17) is 4.42 Å². The average Bonchev–Trinajstić information content (AvgIpc) is 3.45. The van der Waals surface area contributed by atoms with Gasteiger partial charge in [-0.3, -0.25) is 9.69 Å². The molecular weight excluding hydrogens is 421 g/mol. The SMILES string of the molecule is Cc1ccccc1-n1ncc(C(=O)NCC(c2ccco2)N2CCCCC2)c1C(F)(F)F. The van der Waals surface area contributed by atoms with E-state index in [0.29, 0.717) is 11.3 Å². The Balaban J connectivity index is 1.59. The molecule has 1 amide bonds. The smallest absolute Gasteiger partial charge is 0.434 e. The summed E-state index contributed by atoms with van der Waals surface area (Å²) < 4.78 is 48.2. The number of nitrogens with zero attached hydrogens (tertiary/aromatic N) is 3. The van der Waals surface area contributed by atoms with Gasteiger partial charge in [-0.25, -0.2) is 4.68 Å². The summed E-state index contributed by atoms with van der Waals surface area (Å²) in [6.45, 7) is 3.53. The molecule has 1 aromatic carbocycles. The van der Waals surface area contributed by atoms with Gasteiger partial charge in [-0.15, -0.1) is 0 Å². The van der Waals surface area contributed by atoms with Gasteiger partial charge in [0.05, 0.1) is 29.8 Å². The molecule has 1 fully saturated rings. The standard InChI is InChI=1S/C23H25F3N4O2/c1-16-8-3-4-9-18(16)30-21(23(24,25)26)17(14-28-30)22(31)27-15-19(20-10-7-13-32-20)29-11-5-2-6-12-29/h3-4,7-10,13-14,19H,2,5-6,11-12,15H2,1H3,(H,27,31). The number of benzene rings is 1. The lowest BCUT2D eigenvalue weighted by molar-refractivity contribution is -0.143. The number of hydrogen-bond acceptors (Lipinski definition) is 4. The fourth-order valence-electron chi connectivity index (χ4n) is 4.18. The largest absolute Gasteiger partial charge is 0.468 e. The molecule has 1 N–H and O–H groups in total. The predicted molar refractivity (Wildman–Crippen MR) is 113 cm³/mol. The summed E-state index contributed by atoms with van der Waals surface area (Å²) in [5, 5.41) is 6.59. The Morgan fingerprint density at radius 3 is 2.56 bits per heavy atom. The third kappa shape index (κ3) is 4.57. The van der Waals surface area contributed by atoms with Gasteiger partial charge in [0.15, 0.2) is 5.69 Å². The van der Waals surface area contributed by atoms with E-state index in [2.05, 4.69) is 15.3 Å². The van der Waals surface area contributed by atoms with Gasteiger partial charge in [0, 0.05) is 6.54 Å². The summed E-state index contributed by atoms with van der Waals surface area (Å²) >= 11 is 0. The summed E-state index contributed by atoms with van der Waals surface area (Å²) in [6, 6.07) is 9.96. The van der Waals surface area contributed by atoms with Crippen molar-refractivity contribution in [3.63, 3.8) is 0 Å². The number of nitrogens with one attached hydrogen (secondary N) is 1. The molecule has 0 radical (unpaired) electrons. The maximum absolute atomic E-state index is 14.0. The summed E-state index contributed by atoms with van der Waals surface area (Å²) in [4.78, 5) is 15.1. The van der Waals surface area contributed by atoms with Crippen LogP contribution in [0.2, 0.25) is 0 Å². The first-order valence-electron chi connectivity index (χ1n) is 10.6. The van der Waals surface area contributed by atoms with E-state index in [9.17, 15) is 18.0 Å². The highest BCUT2D eigenvalue weighted by Crippen LogP contribution is 2.34. The van der Waals surface area contributed by atoms with Crippen LogP contribution in [0.15, 0.2) is 53.3 Å². The number of aryl methyl sites for hydroxylation is 1. The molecular formula is C23H25F3N4O2. The van der Waals surface area contributed by atoms with Crippen LogP contribution in [0.25, 0.3) is 5.69 Å². The van der Waals surface area contributed by atoms with Crippen LogP contribution < -0.4 is 5.32 Å². The minimum atomic E-state index is -4.75. The topological polar surface area (TPSA) is 63.3 Å². The van der Waals surface area contributed by atoms with Gasteiger partial charge in [0.2, 0.25) is 0 Å². The molecule has 2 aromatic heterocycles. The normalized spacial score (nSPS) is 16.1. The van der Waals surface area contributed by atoms with E-state index >= 15 is 0 Å². The van der Waals surface area contributed by atoms with Crippen LogP contribution in [0.3, 0.4) is 0 Å². The monoisotopic (exact) mass is 446 g/mol. The summed E-state index contributed by atoms with van der Waals surface area (Å²) in [6.07, 6.45) is 0.994. The van der Waals surface area contributed by atoms with E-state index in [1.807, 2.05) is 6.07 Å². The number of para-hydroxylation sites is 1. The molecule has 9 heteroatoms. The van der Waals surface area contributed by atoms with E-state index in [1.165, 1.54) is 0 Å². The molecule has 0 bridgehead atoms. The first-order chi connectivity index (χ1) is 15.4. The van der Waals surface area contributed by atoms with Crippen LogP contribution in [0, 0.1) is 6.92 Å².